The number of nitrogens with zero attached hydrogens (tertiary/aromatic N) is 4. The average Bonchev–Trinajstić information content (AvgIpc) is 3.15. The van der Waals surface area contributed by atoms with E-state index in [0.29, 0.717) is 33.8 Å². The summed E-state index contributed by atoms with van der Waals surface area (Å²) < 4.78 is 7.22. The van der Waals surface area contributed by atoms with Gasteiger partial charge < -0.3 is 9.73 Å². The summed E-state index contributed by atoms with van der Waals surface area (Å²) in [5.41, 5.74) is 4.22. The lowest BCUT2D eigenvalue weighted by Gasteiger charge is -2.05. The van der Waals surface area contributed by atoms with E-state index in [-0.39, 0.29) is 5.91 Å². The molecule has 2 aromatic carbocycles. The van der Waals surface area contributed by atoms with Crippen molar-refractivity contribution in [2.24, 2.45) is 0 Å². The van der Waals surface area contributed by atoms with E-state index in [1.165, 1.54) is 0 Å². The lowest BCUT2D eigenvalue weighted by molar-refractivity contribution is 0.102. The summed E-state index contributed by atoms with van der Waals surface area (Å²) >= 11 is 0. The molecule has 0 bridgehead atoms. The van der Waals surface area contributed by atoms with Crippen LogP contribution in [0.2, 0.25) is 0 Å². The van der Waals surface area contributed by atoms with Crippen LogP contribution in [-0.2, 0) is 6.54 Å². The standard InChI is InChI=1S/C17H15N5O2/c1-3-22-15-6-4-11(8-13(15)20-21-22)17(23)19-12-5-7-16-14(9-12)18-10(2)24-16/h4-9H,3H2,1-2H3,(H,19,23). The molecule has 2 aromatic heterocycles. The molecule has 0 atom stereocenters. The maximum Gasteiger partial charge on any atom is 0.255 e. The van der Waals surface area contributed by atoms with Crippen molar-refractivity contribution >= 4 is 33.7 Å². The molecule has 24 heavy (non-hydrogen) atoms. The average molecular weight is 321 g/mol. The van der Waals surface area contributed by atoms with Crippen LogP contribution in [0.15, 0.2) is 40.8 Å². The quantitative estimate of drug-likeness (QED) is 0.626. The molecule has 7 heteroatoms. The lowest BCUT2D eigenvalue weighted by Crippen LogP contribution is -2.11. The number of benzene rings is 2. The highest BCUT2D eigenvalue weighted by molar-refractivity contribution is 6.06. The van der Waals surface area contributed by atoms with Gasteiger partial charge in [0.15, 0.2) is 11.5 Å². The Balaban J connectivity index is 1.62. The highest BCUT2D eigenvalue weighted by atomic mass is 16.3. The van der Waals surface area contributed by atoms with Crippen molar-refractivity contribution in [3.05, 3.63) is 47.9 Å². The molecule has 0 saturated heterocycles. The van der Waals surface area contributed by atoms with Gasteiger partial charge in [0.05, 0.1) is 5.52 Å². The summed E-state index contributed by atoms with van der Waals surface area (Å²) in [7, 11) is 0. The maximum atomic E-state index is 12.5. The number of hydrogen-bond acceptors (Lipinski definition) is 5. The van der Waals surface area contributed by atoms with Gasteiger partial charge in [-0.3, -0.25) is 4.79 Å². The summed E-state index contributed by atoms with van der Waals surface area (Å²) in [4.78, 5) is 16.7. The molecule has 2 heterocycles. The second kappa shape index (κ2) is 5.45. The fraction of sp³-hybridized carbons (Fsp3) is 0.176. The van der Waals surface area contributed by atoms with Crippen LogP contribution < -0.4 is 5.32 Å². The van der Waals surface area contributed by atoms with Crippen LogP contribution in [0.3, 0.4) is 0 Å². The zero-order chi connectivity index (χ0) is 16.7. The molecule has 0 aliphatic rings. The Labute approximate surface area is 137 Å². The van der Waals surface area contributed by atoms with Crippen LogP contribution in [0.1, 0.15) is 23.2 Å². The number of nitrogens with one attached hydrogen (secondary N) is 1. The predicted octanol–water partition coefficient (Wildman–Crippen LogP) is 3.15. The summed E-state index contributed by atoms with van der Waals surface area (Å²) in [5.74, 6) is 0.389. The minimum atomic E-state index is -0.206. The van der Waals surface area contributed by atoms with Crippen LogP contribution >= 0.6 is 0 Å². The molecular weight excluding hydrogens is 306 g/mol. The minimum absolute atomic E-state index is 0.206. The summed E-state index contributed by atoms with van der Waals surface area (Å²) in [6.45, 7) is 4.52. The molecule has 0 radical (unpaired) electrons. The van der Waals surface area contributed by atoms with E-state index >= 15 is 0 Å². The SMILES string of the molecule is CCn1nnc2cc(C(=O)Nc3ccc4oc(C)nc4c3)ccc21. The molecule has 0 aliphatic carbocycles. The van der Waals surface area contributed by atoms with E-state index in [2.05, 4.69) is 20.6 Å². The van der Waals surface area contributed by atoms with Crippen molar-refractivity contribution in [2.75, 3.05) is 5.32 Å². The fourth-order valence-electron chi connectivity index (χ4n) is 2.67. The molecule has 0 aliphatic heterocycles. The summed E-state index contributed by atoms with van der Waals surface area (Å²) in [5, 5.41) is 11.0. The molecule has 0 spiro atoms. The Kier molecular flexibility index (Phi) is 3.26. The van der Waals surface area contributed by atoms with Crippen LogP contribution in [0.4, 0.5) is 5.69 Å². The minimum Gasteiger partial charge on any atom is -0.441 e. The van der Waals surface area contributed by atoms with Crippen LogP contribution in [-0.4, -0.2) is 25.9 Å². The maximum absolute atomic E-state index is 12.5. The van der Waals surface area contributed by atoms with E-state index in [1.807, 2.05) is 13.0 Å². The number of carbonyl (C=O) groups excluding carboxylic acids is 1. The van der Waals surface area contributed by atoms with Crippen molar-refractivity contribution in [1.29, 1.82) is 0 Å². The van der Waals surface area contributed by atoms with Gasteiger partial charge in [-0.15, -0.1) is 5.10 Å². The van der Waals surface area contributed by atoms with Crippen LogP contribution in [0, 0.1) is 6.92 Å². The molecule has 1 amide bonds. The van der Waals surface area contributed by atoms with Gasteiger partial charge in [0.25, 0.3) is 5.91 Å². The Morgan fingerprint density at radius 2 is 2.08 bits per heavy atom. The smallest absolute Gasteiger partial charge is 0.255 e. The first-order valence-corrected chi connectivity index (χ1v) is 7.66. The number of aromatic nitrogens is 4. The molecule has 0 unspecified atom stereocenters. The number of carbonyl (C=O) groups is 1. The first-order valence-electron chi connectivity index (χ1n) is 7.66. The Bertz CT molecular complexity index is 1060. The fourth-order valence-corrected chi connectivity index (χ4v) is 2.67. The molecule has 1 N–H and O–H groups in total. The zero-order valence-corrected chi connectivity index (χ0v) is 13.3. The number of rotatable bonds is 3. The van der Waals surface area contributed by atoms with Gasteiger partial charge in [0.1, 0.15) is 11.0 Å². The molecular formula is C17H15N5O2. The van der Waals surface area contributed by atoms with Gasteiger partial charge >= 0.3 is 0 Å². The summed E-state index contributed by atoms with van der Waals surface area (Å²) in [6, 6.07) is 10.7. The largest absolute Gasteiger partial charge is 0.441 e. The number of anilines is 1. The van der Waals surface area contributed by atoms with E-state index in [9.17, 15) is 4.79 Å². The molecule has 4 aromatic rings. The molecule has 120 valence electrons. The number of aryl methyl sites for hydroxylation is 2. The van der Waals surface area contributed by atoms with Gasteiger partial charge in [-0.2, -0.15) is 0 Å². The number of amides is 1. The van der Waals surface area contributed by atoms with Crippen molar-refractivity contribution in [3.63, 3.8) is 0 Å². The lowest BCUT2D eigenvalue weighted by atomic mass is 10.1. The second-order valence-corrected chi connectivity index (χ2v) is 5.48. The topological polar surface area (TPSA) is 85.8 Å². The van der Waals surface area contributed by atoms with E-state index in [4.69, 9.17) is 4.42 Å². The molecule has 0 saturated carbocycles. The Morgan fingerprint density at radius 1 is 1.21 bits per heavy atom. The number of oxazole rings is 1. The number of hydrogen-bond donors (Lipinski definition) is 1. The molecule has 7 nitrogen and oxygen atoms in total. The van der Waals surface area contributed by atoms with E-state index in [1.54, 1.807) is 41.9 Å². The molecule has 4 rings (SSSR count). The van der Waals surface area contributed by atoms with E-state index < -0.39 is 0 Å². The van der Waals surface area contributed by atoms with Crippen molar-refractivity contribution < 1.29 is 9.21 Å². The molecule has 0 fully saturated rings. The van der Waals surface area contributed by atoms with Crippen molar-refractivity contribution in [1.82, 2.24) is 20.0 Å². The van der Waals surface area contributed by atoms with Gasteiger partial charge in [-0.25, -0.2) is 9.67 Å². The summed E-state index contributed by atoms with van der Waals surface area (Å²) in [6.07, 6.45) is 0. The monoisotopic (exact) mass is 321 g/mol. The van der Waals surface area contributed by atoms with Gasteiger partial charge in [0, 0.05) is 24.7 Å². The normalized spacial score (nSPS) is 11.2. The number of fused-ring (bicyclic) bond motifs is 2. The van der Waals surface area contributed by atoms with Crippen LogP contribution in [0.5, 0.6) is 0 Å². The van der Waals surface area contributed by atoms with Crippen LogP contribution in [0.25, 0.3) is 22.1 Å². The first-order chi connectivity index (χ1) is 11.6. The third kappa shape index (κ3) is 2.40. The highest BCUT2D eigenvalue weighted by Gasteiger charge is 2.11. The highest BCUT2D eigenvalue weighted by Crippen LogP contribution is 2.21. The zero-order valence-electron chi connectivity index (χ0n) is 13.3. The third-order valence-electron chi connectivity index (χ3n) is 3.83. The third-order valence-corrected chi connectivity index (χ3v) is 3.83. The Hall–Kier alpha value is -3.22. The van der Waals surface area contributed by atoms with Gasteiger partial charge in [-0.05, 0) is 43.3 Å². The Morgan fingerprint density at radius 3 is 2.92 bits per heavy atom. The van der Waals surface area contributed by atoms with Gasteiger partial charge in [-0.1, -0.05) is 5.21 Å². The van der Waals surface area contributed by atoms with Gasteiger partial charge in [0.2, 0.25) is 0 Å². The van der Waals surface area contributed by atoms with E-state index in [0.717, 1.165) is 12.1 Å². The van der Waals surface area contributed by atoms with Crippen molar-refractivity contribution in [3.8, 4) is 0 Å². The first kappa shape index (κ1) is 14.4. The predicted molar refractivity (Wildman–Crippen MR) is 89.9 cm³/mol. The van der Waals surface area contributed by atoms with Crippen molar-refractivity contribution in [2.45, 2.75) is 20.4 Å². The second-order valence-electron chi connectivity index (χ2n) is 5.48.